The van der Waals surface area contributed by atoms with Crippen molar-refractivity contribution in [2.45, 2.75) is 0 Å². The second kappa shape index (κ2) is 8.32. The number of hydrogen-bond acceptors (Lipinski definition) is 2. The van der Waals surface area contributed by atoms with Gasteiger partial charge in [-0.25, -0.2) is 4.79 Å². The fourth-order valence-corrected chi connectivity index (χ4v) is 2.79. The highest BCUT2D eigenvalue weighted by Gasteiger charge is 2.12. The molecule has 0 radical (unpaired) electrons. The average Bonchev–Trinajstić information content (AvgIpc) is 2.60. The van der Waals surface area contributed by atoms with Gasteiger partial charge in [-0.15, -0.1) is 0 Å². The predicted octanol–water partition coefficient (Wildman–Crippen LogP) is 7.08. The third kappa shape index (κ3) is 4.82. The van der Waals surface area contributed by atoms with E-state index in [4.69, 9.17) is 39.5 Å². The lowest BCUT2D eigenvalue weighted by Gasteiger charge is -2.14. The van der Waals surface area contributed by atoms with Crippen molar-refractivity contribution < 1.29 is 9.53 Å². The minimum Gasteiger partial charge on any atom is -0.454 e. The molecule has 7 heteroatoms. The van der Waals surface area contributed by atoms with E-state index in [9.17, 15) is 4.79 Å². The summed E-state index contributed by atoms with van der Waals surface area (Å²) in [5.74, 6) is 0.798. The fourth-order valence-electron chi connectivity index (χ4n) is 2.17. The summed E-state index contributed by atoms with van der Waals surface area (Å²) in [6.45, 7) is 0. The minimum atomic E-state index is -0.425. The molecule has 4 nitrogen and oxygen atoms in total. The van der Waals surface area contributed by atoms with Gasteiger partial charge >= 0.3 is 6.03 Å². The van der Waals surface area contributed by atoms with Gasteiger partial charge in [0, 0.05) is 15.7 Å². The molecule has 0 saturated heterocycles. The molecule has 0 atom stereocenters. The lowest BCUT2D eigenvalue weighted by Crippen LogP contribution is -2.19. The molecule has 3 aromatic rings. The van der Waals surface area contributed by atoms with Crippen LogP contribution in [0.25, 0.3) is 0 Å². The van der Waals surface area contributed by atoms with Crippen molar-refractivity contribution in [3.05, 3.63) is 81.8 Å². The molecule has 26 heavy (non-hydrogen) atoms. The Morgan fingerprint density at radius 1 is 0.769 bits per heavy atom. The zero-order valence-corrected chi connectivity index (χ0v) is 15.6. The number of amides is 2. The molecule has 3 aromatic carbocycles. The predicted molar refractivity (Wildman–Crippen MR) is 107 cm³/mol. The summed E-state index contributed by atoms with van der Waals surface area (Å²) in [4.78, 5) is 12.2. The van der Waals surface area contributed by atoms with E-state index in [1.165, 1.54) is 0 Å². The number of hydrogen-bond donors (Lipinski definition) is 2. The SMILES string of the molecule is O=C(Nc1ccccc1)Nc1cc(Cl)ccc1Oc1ccc(Cl)cc1Cl. The molecule has 0 aliphatic rings. The molecule has 0 fully saturated rings. The van der Waals surface area contributed by atoms with Gasteiger partial charge in [-0.3, -0.25) is 0 Å². The van der Waals surface area contributed by atoms with Crippen molar-refractivity contribution in [2.24, 2.45) is 0 Å². The normalized spacial score (nSPS) is 10.3. The molecule has 2 amide bonds. The van der Waals surface area contributed by atoms with Gasteiger partial charge < -0.3 is 15.4 Å². The third-order valence-corrected chi connectivity index (χ3v) is 4.10. The molecule has 0 aliphatic carbocycles. The molecule has 0 saturated carbocycles. The van der Waals surface area contributed by atoms with Crippen LogP contribution in [0.5, 0.6) is 11.5 Å². The van der Waals surface area contributed by atoms with Gasteiger partial charge in [-0.05, 0) is 48.5 Å². The summed E-state index contributed by atoms with van der Waals surface area (Å²) < 4.78 is 5.81. The molecule has 0 bridgehead atoms. The van der Waals surface area contributed by atoms with E-state index in [2.05, 4.69) is 10.6 Å². The van der Waals surface area contributed by atoms with Crippen molar-refractivity contribution >= 4 is 52.2 Å². The van der Waals surface area contributed by atoms with Crippen molar-refractivity contribution in [1.82, 2.24) is 0 Å². The standard InChI is InChI=1S/C19H13Cl3N2O2/c20-12-6-8-17(15(22)10-12)26-18-9-7-13(21)11-16(18)24-19(25)23-14-4-2-1-3-5-14/h1-11H,(H2,23,24,25). The number of halogens is 3. The zero-order chi connectivity index (χ0) is 18.5. The monoisotopic (exact) mass is 406 g/mol. The van der Waals surface area contributed by atoms with Crippen LogP contribution in [0.3, 0.4) is 0 Å². The average molecular weight is 408 g/mol. The summed E-state index contributed by atoms with van der Waals surface area (Å²) in [6, 6.07) is 18.4. The first-order chi connectivity index (χ1) is 12.5. The summed E-state index contributed by atoms with van der Waals surface area (Å²) >= 11 is 18.1. The summed E-state index contributed by atoms with van der Waals surface area (Å²) in [6.07, 6.45) is 0. The van der Waals surface area contributed by atoms with Crippen LogP contribution in [0.1, 0.15) is 0 Å². The van der Waals surface area contributed by atoms with Crippen LogP contribution in [0.15, 0.2) is 66.7 Å². The molecular weight excluding hydrogens is 395 g/mol. The number of carbonyl (C=O) groups is 1. The minimum absolute atomic E-state index is 0.354. The van der Waals surface area contributed by atoms with Crippen molar-refractivity contribution in [2.75, 3.05) is 10.6 Å². The van der Waals surface area contributed by atoms with E-state index in [0.29, 0.717) is 37.9 Å². The first kappa shape index (κ1) is 18.4. The molecule has 2 N–H and O–H groups in total. The number of nitrogens with one attached hydrogen (secondary N) is 2. The largest absolute Gasteiger partial charge is 0.454 e. The van der Waals surface area contributed by atoms with E-state index < -0.39 is 6.03 Å². The molecule has 132 valence electrons. The number of para-hydroxylation sites is 1. The Bertz CT molecular complexity index is 933. The number of carbonyl (C=O) groups excluding carboxylic acids is 1. The van der Waals surface area contributed by atoms with Crippen LogP contribution in [-0.4, -0.2) is 6.03 Å². The van der Waals surface area contributed by atoms with E-state index in [1.54, 1.807) is 48.5 Å². The van der Waals surface area contributed by atoms with Gasteiger partial charge in [0.1, 0.15) is 5.75 Å². The Morgan fingerprint density at radius 3 is 2.12 bits per heavy atom. The Balaban J connectivity index is 1.80. The first-order valence-corrected chi connectivity index (χ1v) is 8.70. The van der Waals surface area contributed by atoms with Gasteiger partial charge in [-0.2, -0.15) is 0 Å². The second-order valence-corrected chi connectivity index (χ2v) is 6.54. The van der Waals surface area contributed by atoms with Gasteiger partial charge in [0.05, 0.1) is 10.7 Å². The fraction of sp³-hybridized carbons (Fsp3) is 0. The maximum atomic E-state index is 12.2. The van der Waals surface area contributed by atoms with Gasteiger partial charge in [0.2, 0.25) is 0 Å². The van der Waals surface area contributed by atoms with E-state index in [1.807, 2.05) is 18.2 Å². The maximum Gasteiger partial charge on any atom is 0.323 e. The number of urea groups is 1. The first-order valence-electron chi connectivity index (χ1n) is 7.57. The van der Waals surface area contributed by atoms with Crippen molar-refractivity contribution in [3.8, 4) is 11.5 Å². The zero-order valence-electron chi connectivity index (χ0n) is 13.3. The van der Waals surface area contributed by atoms with Crippen LogP contribution in [0, 0.1) is 0 Å². The van der Waals surface area contributed by atoms with E-state index in [-0.39, 0.29) is 0 Å². The smallest absolute Gasteiger partial charge is 0.323 e. The van der Waals surface area contributed by atoms with Crippen LogP contribution < -0.4 is 15.4 Å². The van der Waals surface area contributed by atoms with Crippen LogP contribution in [-0.2, 0) is 0 Å². The molecule has 0 spiro atoms. The number of rotatable bonds is 4. The molecule has 0 unspecified atom stereocenters. The molecule has 3 rings (SSSR count). The molecular formula is C19H13Cl3N2O2. The number of anilines is 2. The van der Waals surface area contributed by atoms with Gasteiger partial charge in [-0.1, -0.05) is 53.0 Å². The van der Waals surface area contributed by atoms with Crippen LogP contribution in [0.2, 0.25) is 15.1 Å². The van der Waals surface area contributed by atoms with Crippen LogP contribution >= 0.6 is 34.8 Å². The van der Waals surface area contributed by atoms with E-state index >= 15 is 0 Å². The number of ether oxygens (including phenoxy) is 1. The topological polar surface area (TPSA) is 50.4 Å². The van der Waals surface area contributed by atoms with Gasteiger partial charge in [0.25, 0.3) is 0 Å². The lowest BCUT2D eigenvalue weighted by atomic mass is 10.3. The van der Waals surface area contributed by atoms with Crippen LogP contribution in [0.4, 0.5) is 16.2 Å². The highest BCUT2D eigenvalue weighted by Crippen LogP contribution is 2.36. The Labute approximate surface area is 165 Å². The molecule has 0 aromatic heterocycles. The summed E-state index contributed by atoms with van der Waals surface area (Å²) in [5.41, 5.74) is 1.06. The molecule has 0 heterocycles. The summed E-state index contributed by atoms with van der Waals surface area (Å²) in [5, 5.41) is 6.76. The lowest BCUT2D eigenvalue weighted by molar-refractivity contribution is 0.262. The maximum absolute atomic E-state index is 12.2. The Hall–Kier alpha value is -2.40. The second-order valence-electron chi connectivity index (χ2n) is 5.26. The Morgan fingerprint density at radius 2 is 1.42 bits per heavy atom. The van der Waals surface area contributed by atoms with Crippen molar-refractivity contribution in [1.29, 1.82) is 0 Å². The van der Waals surface area contributed by atoms with E-state index in [0.717, 1.165) is 0 Å². The molecule has 0 aliphatic heterocycles. The van der Waals surface area contributed by atoms with Crippen molar-refractivity contribution in [3.63, 3.8) is 0 Å². The highest BCUT2D eigenvalue weighted by molar-refractivity contribution is 6.35. The van der Waals surface area contributed by atoms with Gasteiger partial charge in [0.15, 0.2) is 5.75 Å². The quantitative estimate of drug-likeness (QED) is 0.485. The highest BCUT2D eigenvalue weighted by atomic mass is 35.5. The third-order valence-electron chi connectivity index (χ3n) is 3.34. The number of benzene rings is 3. The Kier molecular flexibility index (Phi) is 5.89. The summed E-state index contributed by atoms with van der Waals surface area (Å²) in [7, 11) is 0.